The molecule has 0 spiro atoms. The molecule has 3 aromatic rings. The fourth-order valence-corrected chi connectivity index (χ4v) is 3.88. The van der Waals surface area contributed by atoms with Gasteiger partial charge in [0, 0.05) is 24.7 Å². The Morgan fingerprint density at radius 2 is 1.89 bits per heavy atom. The Hall–Kier alpha value is -2.37. The van der Waals surface area contributed by atoms with Crippen molar-refractivity contribution in [3.63, 3.8) is 0 Å². The number of hydrogen-bond acceptors (Lipinski definition) is 2. The molecular formula is C20H16Cl2FN3O. The molecule has 0 atom stereocenters. The number of fused-ring (bicyclic) bond motifs is 1. The van der Waals surface area contributed by atoms with Crippen molar-refractivity contribution in [3.05, 3.63) is 75.1 Å². The van der Waals surface area contributed by atoms with Gasteiger partial charge in [-0.3, -0.25) is 9.48 Å². The van der Waals surface area contributed by atoms with Crippen LogP contribution in [0.3, 0.4) is 0 Å². The minimum absolute atomic E-state index is 0.165. The zero-order valence-electron chi connectivity index (χ0n) is 14.5. The summed E-state index contributed by atoms with van der Waals surface area (Å²) in [5.74, 6) is -0.438. The smallest absolute Gasteiger partial charge is 0.255 e. The van der Waals surface area contributed by atoms with Crippen LogP contribution in [0, 0.1) is 5.82 Å². The summed E-state index contributed by atoms with van der Waals surface area (Å²) in [5, 5.41) is 5.21. The second-order valence-electron chi connectivity index (χ2n) is 6.48. The van der Waals surface area contributed by atoms with E-state index in [-0.39, 0.29) is 16.7 Å². The van der Waals surface area contributed by atoms with Gasteiger partial charge in [0.05, 0.1) is 33.5 Å². The molecule has 2 aromatic carbocycles. The molecule has 0 aliphatic carbocycles. The van der Waals surface area contributed by atoms with Crippen molar-refractivity contribution in [2.24, 2.45) is 7.05 Å². The number of carbonyl (C=O) groups excluding carboxylic acids is 1. The Morgan fingerprint density at radius 3 is 2.63 bits per heavy atom. The summed E-state index contributed by atoms with van der Waals surface area (Å²) in [5.41, 5.74) is 4.19. The maximum absolute atomic E-state index is 13.2. The lowest BCUT2D eigenvalue weighted by molar-refractivity contribution is 0.0732. The average molecular weight is 404 g/mol. The van der Waals surface area contributed by atoms with Gasteiger partial charge in [-0.05, 0) is 42.8 Å². The quantitative estimate of drug-likeness (QED) is 0.619. The van der Waals surface area contributed by atoms with E-state index in [0.717, 1.165) is 22.5 Å². The molecule has 138 valence electrons. The first-order valence-corrected chi connectivity index (χ1v) is 9.25. The van der Waals surface area contributed by atoms with Crippen molar-refractivity contribution in [2.75, 3.05) is 6.54 Å². The molecule has 0 saturated heterocycles. The van der Waals surface area contributed by atoms with Crippen molar-refractivity contribution in [1.82, 2.24) is 14.7 Å². The van der Waals surface area contributed by atoms with E-state index in [0.29, 0.717) is 30.1 Å². The molecule has 0 saturated carbocycles. The highest BCUT2D eigenvalue weighted by Crippen LogP contribution is 2.32. The van der Waals surface area contributed by atoms with Gasteiger partial charge in [-0.1, -0.05) is 29.3 Å². The minimum atomic E-state index is -0.273. The van der Waals surface area contributed by atoms with Gasteiger partial charge in [-0.25, -0.2) is 4.39 Å². The van der Waals surface area contributed by atoms with Gasteiger partial charge in [0.25, 0.3) is 5.91 Å². The minimum Gasteiger partial charge on any atom is -0.332 e. The second-order valence-corrected chi connectivity index (χ2v) is 7.27. The highest BCUT2D eigenvalue weighted by Gasteiger charge is 2.28. The first kappa shape index (κ1) is 18.0. The lowest BCUT2D eigenvalue weighted by atomic mass is 9.99. The van der Waals surface area contributed by atoms with E-state index in [2.05, 4.69) is 5.10 Å². The van der Waals surface area contributed by atoms with Gasteiger partial charge in [0.15, 0.2) is 0 Å². The van der Waals surface area contributed by atoms with Crippen LogP contribution < -0.4 is 0 Å². The highest BCUT2D eigenvalue weighted by atomic mass is 35.5. The molecule has 0 unspecified atom stereocenters. The first-order chi connectivity index (χ1) is 13.0. The normalized spacial score (nSPS) is 13.6. The van der Waals surface area contributed by atoms with Crippen LogP contribution in [-0.2, 0) is 20.0 Å². The molecule has 1 aliphatic rings. The third-order valence-electron chi connectivity index (χ3n) is 4.79. The van der Waals surface area contributed by atoms with Crippen LogP contribution in [0.4, 0.5) is 4.39 Å². The van der Waals surface area contributed by atoms with Gasteiger partial charge in [-0.15, -0.1) is 0 Å². The average Bonchev–Trinajstić information content (AvgIpc) is 2.99. The molecule has 0 radical (unpaired) electrons. The lowest BCUT2D eigenvalue weighted by Crippen LogP contribution is -2.36. The molecule has 4 rings (SSSR count). The maximum atomic E-state index is 13.2. The number of carbonyl (C=O) groups is 1. The van der Waals surface area contributed by atoms with Gasteiger partial charge >= 0.3 is 0 Å². The zero-order chi connectivity index (χ0) is 19.1. The van der Waals surface area contributed by atoms with Crippen molar-refractivity contribution < 1.29 is 9.18 Å². The van der Waals surface area contributed by atoms with Crippen molar-refractivity contribution in [2.45, 2.75) is 13.0 Å². The van der Waals surface area contributed by atoms with E-state index in [4.69, 9.17) is 23.2 Å². The molecule has 1 aliphatic heterocycles. The number of hydrogen-bond donors (Lipinski definition) is 0. The summed E-state index contributed by atoms with van der Waals surface area (Å²) in [6, 6.07) is 11.4. The number of aromatic nitrogens is 2. The molecule has 27 heavy (non-hydrogen) atoms. The van der Waals surface area contributed by atoms with Crippen LogP contribution >= 0.6 is 23.2 Å². The third-order valence-corrected chi connectivity index (χ3v) is 5.61. The summed E-state index contributed by atoms with van der Waals surface area (Å²) in [6.45, 7) is 0.945. The standard InChI is InChI=1S/C20H16Cl2FN3O/c1-25-19(12-5-7-13(23)8-6-12)14-9-10-26(11-17(14)24-25)20(27)15-3-2-4-16(21)18(15)22/h2-8H,9-11H2,1H3. The summed E-state index contributed by atoms with van der Waals surface area (Å²) in [6.07, 6.45) is 0.666. The molecular weight excluding hydrogens is 388 g/mol. The van der Waals surface area contributed by atoms with E-state index < -0.39 is 0 Å². The van der Waals surface area contributed by atoms with Crippen LogP contribution in [0.5, 0.6) is 0 Å². The van der Waals surface area contributed by atoms with Gasteiger partial charge in [-0.2, -0.15) is 5.10 Å². The zero-order valence-corrected chi connectivity index (χ0v) is 16.1. The van der Waals surface area contributed by atoms with Crippen LogP contribution in [-0.4, -0.2) is 27.1 Å². The SMILES string of the molecule is Cn1nc2c(c1-c1ccc(F)cc1)CCN(C(=O)c1cccc(Cl)c1Cl)C2. The molecule has 1 amide bonds. The predicted octanol–water partition coefficient (Wildman–Crippen LogP) is 4.73. The second kappa shape index (κ2) is 6.98. The molecule has 0 bridgehead atoms. The van der Waals surface area contributed by atoms with E-state index in [1.165, 1.54) is 12.1 Å². The molecule has 2 heterocycles. The number of nitrogens with zero attached hydrogens (tertiary/aromatic N) is 3. The first-order valence-electron chi connectivity index (χ1n) is 8.49. The summed E-state index contributed by atoms with van der Waals surface area (Å²) >= 11 is 12.2. The summed E-state index contributed by atoms with van der Waals surface area (Å²) in [4.78, 5) is 14.6. The Bertz CT molecular complexity index is 1030. The van der Waals surface area contributed by atoms with Crippen LogP contribution in [0.25, 0.3) is 11.3 Å². The van der Waals surface area contributed by atoms with Crippen LogP contribution in [0.1, 0.15) is 21.6 Å². The number of halogens is 3. The third kappa shape index (κ3) is 3.22. The maximum Gasteiger partial charge on any atom is 0.255 e. The Labute approximate surface area is 166 Å². The summed E-state index contributed by atoms with van der Waals surface area (Å²) in [7, 11) is 1.86. The fraction of sp³-hybridized carbons (Fsp3) is 0.200. The molecule has 4 nitrogen and oxygen atoms in total. The van der Waals surface area contributed by atoms with Crippen LogP contribution in [0.15, 0.2) is 42.5 Å². The Morgan fingerprint density at radius 1 is 1.15 bits per heavy atom. The molecule has 1 aromatic heterocycles. The Balaban J connectivity index is 1.65. The van der Waals surface area contributed by atoms with Gasteiger partial charge < -0.3 is 4.90 Å². The van der Waals surface area contributed by atoms with Crippen molar-refractivity contribution in [1.29, 1.82) is 0 Å². The molecule has 7 heteroatoms. The predicted molar refractivity (Wildman–Crippen MR) is 104 cm³/mol. The lowest BCUT2D eigenvalue weighted by Gasteiger charge is -2.27. The van der Waals surface area contributed by atoms with Crippen molar-refractivity contribution >= 4 is 29.1 Å². The van der Waals surface area contributed by atoms with E-state index in [9.17, 15) is 9.18 Å². The monoisotopic (exact) mass is 403 g/mol. The topological polar surface area (TPSA) is 38.1 Å². The number of amides is 1. The van der Waals surface area contributed by atoms with E-state index >= 15 is 0 Å². The number of benzene rings is 2. The fourth-order valence-electron chi connectivity index (χ4n) is 3.50. The van der Waals surface area contributed by atoms with E-state index in [1.807, 2.05) is 7.05 Å². The van der Waals surface area contributed by atoms with Gasteiger partial charge in [0.2, 0.25) is 0 Å². The highest BCUT2D eigenvalue weighted by molar-refractivity contribution is 6.43. The molecule has 0 N–H and O–H groups in total. The van der Waals surface area contributed by atoms with E-state index in [1.54, 1.807) is 39.9 Å². The molecule has 0 fully saturated rings. The van der Waals surface area contributed by atoms with Gasteiger partial charge in [0.1, 0.15) is 5.82 Å². The summed E-state index contributed by atoms with van der Waals surface area (Å²) < 4.78 is 15.0. The van der Waals surface area contributed by atoms with Crippen LogP contribution in [0.2, 0.25) is 10.0 Å². The van der Waals surface area contributed by atoms with Crippen molar-refractivity contribution in [3.8, 4) is 11.3 Å². The number of rotatable bonds is 2. The largest absolute Gasteiger partial charge is 0.332 e. The Kier molecular flexibility index (Phi) is 4.66. The number of aryl methyl sites for hydroxylation is 1.